The van der Waals surface area contributed by atoms with Crippen LogP contribution >= 0.6 is 11.6 Å². The standard InChI is InChI=1S/C17H12ClF2N5O/c18-15-9-7-13(16(19)20)25(12(9)5-4-10(15)21)8-14-23-17(24-26-14)11-3-1-2-6-22-11/h1-7,16H,8,21H2. The van der Waals surface area contributed by atoms with Crippen molar-refractivity contribution in [2.75, 3.05) is 5.73 Å². The molecule has 4 rings (SSSR count). The fourth-order valence-electron chi connectivity index (χ4n) is 2.75. The highest BCUT2D eigenvalue weighted by Gasteiger charge is 2.21. The zero-order valence-corrected chi connectivity index (χ0v) is 14.0. The number of benzene rings is 1. The molecule has 2 N–H and O–H groups in total. The van der Waals surface area contributed by atoms with Crippen molar-refractivity contribution >= 4 is 28.2 Å². The molecule has 0 unspecified atom stereocenters. The molecule has 0 bridgehead atoms. The minimum Gasteiger partial charge on any atom is -0.398 e. The third-order valence-corrected chi connectivity index (χ3v) is 4.38. The molecule has 6 nitrogen and oxygen atoms in total. The molecule has 26 heavy (non-hydrogen) atoms. The van der Waals surface area contributed by atoms with E-state index in [0.29, 0.717) is 22.3 Å². The zero-order valence-electron chi connectivity index (χ0n) is 13.2. The Bertz CT molecular complexity index is 1080. The third-order valence-electron chi connectivity index (χ3n) is 3.96. The predicted octanol–water partition coefficient (Wildman–Crippen LogP) is 4.31. The van der Waals surface area contributed by atoms with Crippen LogP contribution in [0.5, 0.6) is 0 Å². The van der Waals surface area contributed by atoms with E-state index in [2.05, 4.69) is 15.1 Å². The number of nitrogens with zero attached hydrogens (tertiary/aromatic N) is 4. The lowest BCUT2D eigenvalue weighted by molar-refractivity contribution is 0.141. The number of rotatable bonds is 4. The maximum absolute atomic E-state index is 13.5. The van der Waals surface area contributed by atoms with Crippen molar-refractivity contribution < 1.29 is 13.3 Å². The van der Waals surface area contributed by atoms with Gasteiger partial charge in [-0.2, -0.15) is 4.98 Å². The number of pyridine rings is 1. The summed E-state index contributed by atoms with van der Waals surface area (Å²) in [5.41, 5.74) is 6.93. The van der Waals surface area contributed by atoms with Crippen LogP contribution in [0.1, 0.15) is 18.0 Å². The summed E-state index contributed by atoms with van der Waals surface area (Å²) in [4.78, 5) is 8.37. The summed E-state index contributed by atoms with van der Waals surface area (Å²) in [6.45, 7) is -0.0245. The van der Waals surface area contributed by atoms with Crippen molar-refractivity contribution in [2.45, 2.75) is 13.0 Å². The molecule has 0 amide bonds. The van der Waals surface area contributed by atoms with Crippen LogP contribution in [0.15, 0.2) is 47.1 Å². The summed E-state index contributed by atoms with van der Waals surface area (Å²) >= 11 is 6.16. The van der Waals surface area contributed by atoms with Crippen LogP contribution in [0, 0.1) is 0 Å². The van der Waals surface area contributed by atoms with Crippen molar-refractivity contribution in [3.05, 3.63) is 59.2 Å². The van der Waals surface area contributed by atoms with E-state index in [1.54, 1.807) is 36.5 Å². The fourth-order valence-corrected chi connectivity index (χ4v) is 2.96. The number of nitrogens with two attached hydrogens (primary N) is 1. The van der Waals surface area contributed by atoms with Gasteiger partial charge in [0, 0.05) is 11.6 Å². The topological polar surface area (TPSA) is 82.8 Å². The summed E-state index contributed by atoms with van der Waals surface area (Å²) in [5, 5.41) is 4.55. The molecule has 0 aliphatic heterocycles. The van der Waals surface area contributed by atoms with Gasteiger partial charge in [-0.1, -0.05) is 22.8 Å². The first-order valence-electron chi connectivity index (χ1n) is 7.64. The maximum Gasteiger partial charge on any atom is 0.278 e. The Labute approximate surface area is 151 Å². The summed E-state index contributed by atoms with van der Waals surface area (Å²) in [6, 6.07) is 9.82. The molecule has 0 fully saturated rings. The minimum atomic E-state index is -2.70. The first-order chi connectivity index (χ1) is 12.5. The zero-order chi connectivity index (χ0) is 18.3. The molecule has 0 saturated heterocycles. The van der Waals surface area contributed by atoms with Gasteiger partial charge >= 0.3 is 0 Å². The first kappa shape index (κ1) is 16.5. The summed E-state index contributed by atoms with van der Waals surface area (Å²) in [6.07, 6.45) is -1.09. The Morgan fingerprint density at radius 3 is 2.81 bits per heavy atom. The molecule has 0 radical (unpaired) electrons. The SMILES string of the molecule is Nc1ccc2c(cc(C(F)F)n2Cc2nc(-c3ccccn3)no2)c1Cl. The Morgan fingerprint density at radius 2 is 2.08 bits per heavy atom. The highest BCUT2D eigenvalue weighted by atomic mass is 35.5. The largest absolute Gasteiger partial charge is 0.398 e. The fraction of sp³-hybridized carbons (Fsp3) is 0.118. The lowest BCUT2D eigenvalue weighted by Gasteiger charge is -2.08. The van der Waals surface area contributed by atoms with E-state index in [0.717, 1.165) is 0 Å². The Balaban J connectivity index is 1.77. The molecule has 4 aromatic rings. The van der Waals surface area contributed by atoms with Gasteiger partial charge in [0.05, 0.1) is 21.9 Å². The lowest BCUT2D eigenvalue weighted by Crippen LogP contribution is -2.05. The Hall–Kier alpha value is -3.00. The average Bonchev–Trinajstić information content (AvgIpc) is 3.25. The normalized spacial score (nSPS) is 11.5. The van der Waals surface area contributed by atoms with Crippen LogP contribution < -0.4 is 5.73 Å². The molecule has 3 heterocycles. The minimum absolute atomic E-state index is 0.0245. The van der Waals surface area contributed by atoms with Gasteiger partial charge in [0.1, 0.15) is 12.2 Å². The third kappa shape index (κ3) is 2.78. The van der Waals surface area contributed by atoms with Gasteiger partial charge in [-0.25, -0.2) is 8.78 Å². The molecular weight excluding hydrogens is 364 g/mol. The van der Waals surface area contributed by atoms with E-state index in [1.807, 2.05) is 0 Å². The van der Waals surface area contributed by atoms with Gasteiger partial charge in [-0.15, -0.1) is 0 Å². The number of hydrogen-bond acceptors (Lipinski definition) is 5. The average molecular weight is 376 g/mol. The van der Waals surface area contributed by atoms with E-state index in [9.17, 15) is 8.78 Å². The van der Waals surface area contributed by atoms with E-state index < -0.39 is 6.43 Å². The van der Waals surface area contributed by atoms with Gasteiger partial charge in [-0.05, 0) is 30.3 Å². The smallest absolute Gasteiger partial charge is 0.278 e. The van der Waals surface area contributed by atoms with Crippen LogP contribution in [-0.2, 0) is 6.54 Å². The first-order valence-corrected chi connectivity index (χ1v) is 8.01. The van der Waals surface area contributed by atoms with E-state index in [4.69, 9.17) is 21.9 Å². The quantitative estimate of drug-likeness (QED) is 0.537. The Morgan fingerprint density at radius 1 is 1.23 bits per heavy atom. The van der Waals surface area contributed by atoms with Crippen LogP contribution in [0.25, 0.3) is 22.4 Å². The molecule has 0 atom stereocenters. The molecule has 0 spiro atoms. The summed E-state index contributed by atoms with van der Waals surface area (Å²) in [5.74, 6) is 0.468. The molecule has 0 aliphatic rings. The lowest BCUT2D eigenvalue weighted by atomic mass is 10.2. The number of alkyl halides is 2. The number of halogens is 3. The van der Waals surface area contributed by atoms with E-state index in [1.165, 1.54) is 10.6 Å². The highest BCUT2D eigenvalue weighted by Crippen LogP contribution is 2.35. The summed E-state index contributed by atoms with van der Waals surface area (Å²) < 4.78 is 33.6. The second-order valence-electron chi connectivity index (χ2n) is 5.58. The number of nitrogen functional groups attached to an aromatic ring is 1. The number of anilines is 1. The van der Waals surface area contributed by atoms with Crippen LogP contribution in [0.2, 0.25) is 5.02 Å². The second-order valence-corrected chi connectivity index (χ2v) is 5.96. The van der Waals surface area contributed by atoms with Gasteiger partial charge in [0.25, 0.3) is 6.43 Å². The van der Waals surface area contributed by atoms with Gasteiger partial charge < -0.3 is 14.8 Å². The molecule has 3 aromatic heterocycles. The molecule has 0 saturated carbocycles. The second kappa shape index (κ2) is 6.38. The monoisotopic (exact) mass is 375 g/mol. The molecule has 1 aromatic carbocycles. The van der Waals surface area contributed by atoms with Crippen molar-refractivity contribution in [2.24, 2.45) is 0 Å². The number of aromatic nitrogens is 4. The molecular formula is C17H12ClF2N5O. The van der Waals surface area contributed by atoms with Crippen molar-refractivity contribution in [1.29, 1.82) is 0 Å². The van der Waals surface area contributed by atoms with E-state index in [-0.39, 0.29) is 29.0 Å². The Kier molecular flexibility index (Phi) is 4.04. The predicted molar refractivity (Wildman–Crippen MR) is 92.9 cm³/mol. The van der Waals surface area contributed by atoms with Crippen molar-refractivity contribution in [1.82, 2.24) is 19.7 Å². The van der Waals surface area contributed by atoms with Crippen molar-refractivity contribution in [3.8, 4) is 11.5 Å². The van der Waals surface area contributed by atoms with Gasteiger partial charge in [0.15, 0.2) is 0 Å². The van der Waals surface area contributed by atoms with Crippen LogP contribution in [-0.4, -0.2) is 19.7 Å². The highest BCUT2D eigenvalue weighted by molar-refractivity contribution is 6.38. The maximum atomic E-state index is 13.5. The van der Waals surface area contributed by atoms with Crippen LogP contribution in [0.4, 0.5) is 14.5 Å². The van der Waals surface area contributed by atoms with Crippen LogP contribution in [0.3, 0.4) is 0 Å². The molecule has 0 aliphatic carbocycles. The number of fused-ring (bicyclic) bond motifs is 1. The molecule has 132 valence electrons. The van der Waals surface area contributed by atoms with Crippen molar-refractivity contribution in [3.63, 3.8) is 0 Å². The summed E-state index contributed by atoms with van der Waals surface area (Å²) in [7, 11) is 0. The number of hydrogen-bond donors (Lipinski definition) is 1. The molecule has 9 heteroatoms. The van der Waals surface area contributed by atoms with Gasteiger partial charge in [0.2, 0.25) is 11.7 Å². The van der Waals surface area contributed by atoms with E-state index >= 15 is 0 Å². The van der Waals surface area contributed by atoms with Gasteiger partial charge in [-0.3, -0.25) is 4.98 Å².